The normalized spacial score (nSPS) is 10.8. The highest BCUT2D eigenvalue weighted by Crippen LogP contribution is 2.34. The first-order valence-corrected chi connectivity index (χ1v) is 8.02. The van der Waals surface area contributed by atoms with Crippen molar-refractivity contribution < 1.29 is 14.6 Å². The summed E-state index contributed by atoms with van der Waals surface area (Å²) in [4.78, 5) is 4.25. The van der Waals surface area contributed by atoms with E-state index in [1.165, 1.54) is 0 Å². The number of aliphatic hydroxyl groups excluding tert-OH is 1. The first kappa shape index (κ1) is 16.8. The molecule has 0 radical (unpaired) electrons. The third-order valence-corrected chi connectivity index (χ3v) is 4.27. The second-order valence-corrected chi connectivity index (χ2v) is 5.94. The van der Waals surface area contributed by atoms with E-state index in [1.54, 1.807) is 19.2 Å². The molecule has 124 valence electrons. The van der Waals surface area contributed by atoms with E-state index in [2.05, 4.69) is 4.98 Å². The van der Waals surface area contributed by atoms with Crippen LogP contribution in [0.5, 0.6) is 11.5 Å². The predicted molar refractivity (Wildman–Crippen MR) is 95.0 cm³/mol. The monoisotopic (exact) mass is 363 g/mol. The van der Waals surface area contributed by atoms with Crippen LogP contribution in [-0.2, 0) is 13.2 Å². The van der Waals surface area contributed by atoms with Crippen molar-refractivity contribution in [3.05, 3.63) is 63.8 Å². The third kappa shape index (κ3) is 3.41. The van der Waals surface area contributed by atoms with Crippen LogP contribution in [0.3, 0.4) is 0 Å². The van der Waals surface area contributed by atoms with Crippen molar-refractivity contribution >= 4 is 34.1 Å². The number of methoxy groups -OCH3 is 1. The Morgan fingerprint density at radius 1 is 1.08 bits per heavy atom. The molecule has 0 bridgehead atoms. The van der Waals surface area contributed by atoms with Crippen LogP contribution in [0.25, 0.3) is 10.9 Å². The van der Waals surface area contributed by atoms with Crippen LogP contribution < -0.4 is 9.47 Å². The van der Waals surface area contributed by atoms with Crippen molar-refractivity contribution in [3.8, 4) is 11.5 Å². The number of rotatable bonds is 5. The maximum Gasteiger partial charge on any atom is 0.133 e. The average molecular weight is 364 g/mol. The number of aromatic nitrogens is 1. The van der Waals surface area contributed by atoms with Crippen LogP contribution in [0.15, 0.2) is 42.5 Å². The van der Waals surface area contributed by atoms with Crippen LogP contribution >= 0.6 is 23.2 Å². The fraction of sp³-hybridized carbons (Fsp3) is 0.167. The predicted octanol–water partition coefficient (Wildman–Crippen LogP) is 4.62. The van der Waals surface area contributed by atoms with Crippen LogP contribution in [-0.4, -0.2) is 17.2 Å². The highest BCUT2D eigenvalue weighted by molar-refractivity contribution is 6.36. The maximum atomic E-state index is 9.32. The van der Waals surface area contributed by atoms with Crippen molar-refractivity contribution in [2.24, 2.45) is 0 Å². The standard InChI is InChI=1S/C18H15Cl2NO3/c1-23-13-5-2-11(3-6-13)10-24-15-8-16(19)21-18-14(15)7-4-12(9-22)17(18)20/h2-8,22H,9-10H2,1H3. The number of halogens is 2. The number of hydrogen-bond acceptors (Lipinski definition) is 4. The van der Waals surface area contributed by atoms with Gasteiger partial charge in [-0.15, -0.1) is 0 Å². The molecule has 6 heteroatoms. The van der Waals surface area contributed by atoms with Crippen LogP contribution in [0.1, 0.15) is 11.1 Å². The summed E-state index contributed by atoms with van der Waals surface area (Å²) in [5.41, 5.74) is 2.11. The smallest absolute Gasteiger partial charge is 0.133 e. The molecule has 4 nitrogen and oxygen atoms in total. The second-order valence-electron chi connectivity index (χ2n) is 5.17. The van der Waals surface area contributed by atoms with Gasteiger partial charge in [-0.05, 0) is 29.3 Å². The molecule has 0 unspecified atom stereocenters. The van der Waals surface area contributed by atoms with E-state index >= 15 is 0 Å². The van der Waals surface area contributed by atoms with Gasteiger partial charge in [0.2, 0.25) is 0 Å². The van der Waals surface area contributed by atoms with Crippen molar-refractivity contribution in [2.75, 3.05) is 7.11 Å². The highest BCUT2D eigenvalue weighted by Gasteiger charge is 2.12. The molecule has 1 N–H and O–H groups in total. The zero-order chi connectivity index (χ0) is 17.1. The lowest BCUT2D eigenvalue weighted by Crippen LogP contribution is -1.98. The largest absolute Gasteiger partial charge is 0.497 e. The summed E-state index contributed by atoms with van der Waals surface area (Å²) >= 11 is 12.4. The summed E-state index contributed by atoms with van der Waals surface area (Å²) in [7, 11) is 1.63. The Balaban J connectivity index is 1.92. The molecule has 2 aromatic carbocycles. The average Bonchev–Trinajstić information content (AvgIpc) is 2.61. The Labute approximate surface area is 149 Å². The Morgan fingerprint density at radius 3 is 2.50 bits per heavy atom. The zero-order valence-electron chi connectivity index (χ0n) is 12.9. The molecule has 24 heavy (non-hydrogen) atoms. The molecule has 0 aliphatic carbocycles. The summed E-state index contributed by atoms with van der Waals surface area (Å²) in [6.07, 6.45) is 0. The topological polar surface area (TPSA) is 51.6 Å². The molecule has 0 aliphatic rings. The Kier molecular flexibility index (Phi) is 5.09. The number of aliphatic hydroxyl groups is 1. The molecule has 3 aromatic rings. The van der Waals surface area contributed by atoms with Gasteiger partial charge in [-0.2, -0.15) is 0 Å². The minimum Gasteiger partial charge on any atom is -0.497 e. The number of ether oxygens (including phenoxy) is 2. The highest BCUT2D eigenvalue weighted by atomic mass is 35.5. The van der Waals surface area contributed by atoms with Gasteiger partial charge >= 0.3 is 0 Å². The van der Waals surface area contributed by atoms with E-state index in [-0.39, 0.29) is 11.8 Å². The minimum absolute atomic E-state index is 0.162. The molecule has 1 aromatic heterocycles. The van der Waals surface area contributed by atoms with Gasteiger partial charge in [-0.3, -0.25) is 0 Å². The van der Waals surface area contributed by atoms with E-state index in [9.17, 15) is 5.11 Å². The maximum absolute atomic E-state index is 9.32. The van der Waals surface area contributed by atoms with E-state index in [1.807, 2.05) is 30.3 Å². The van der Waals surface area contributed by atoms with Crippen LogP contribution in [0, 0.1) is 0 Å². The van der Waals surface area contributed by atoms with Gasteiger partial charge < -0.3 is 14.6 Å². The van der Waals surface area contributed by atoms with Gasteiger partial charge in [-0.25, -0.2) is 4.98 Å². The number of fused-ring (bicyclic) bond motifs is 1. The Hall–Kier alpha value is -2.01. The molecule has 0 fully saturated rings. The fourth-order valence-electron chi connectivity index (χ4n) is 2.36. The molecular formula is C18H15Cl2NO3. The van der Waals surface area contributed by atoms with Gasteiger partial charge in [0.15, 0.2) is 0 Å². The van der Waals surface area contributed by atoms with Crippen molar-refractivity contribution in [1.29, 1.82) is 0 Å². The van der Waals surface area contributed by atoms with Gasteiger partial charge in [0.1, 0.15) is 23.3 Å². The van der Waals surface area contributed by atoms with Gasteiger partial charge in [-0.1, -0.05) is 41.4 Å². The summed E-state index contributed by atoms with van der Waals surface area (Å²) in [5.74, 6) is 1.38. The first-order valence-electron chi connectivity index (χ1n) is 7.26. The summed E-state index contributed by atoms with van der Waals surface area (Å²) in [5, 5.41) is 10.7. The van der Waals surface area contributed by atoms with Gasteiger partial charge in [0, 0.05) is 11.5 Å². The number of nitrogens with zero attached hydrogens (tertiary/aromatic N) is 1. The van der Waals surface area contributed by atoms with E-state index < -0.39 is 0 Å². The fourth-order valence-corrected chi connectivity index (χ4v) is 2.81. The van der Waals surface area contributed by atoms with Crippen molar-refractivity contribution in [1.82, 2.24) is 4.98 Å². The molecule has 0 spiro atoms. The van der Waals surface area contributed by atoms with Crippen molar-refractivity contribution in [3.63, 3.8) is 0 Å². The summed E-state index contributed by atoms with van der Waals surface area (Å²) in [6.45, 7) is 0.212. The number of benzene rings is 2. The molecular weight excluding hydrogens is 349 g/mol. The van der Waals surface area contributed by atoms with E-state index in [4.69, 9.17) is 32.7 Å². The van der Waals surface area contributed by atoms with E-state index in [0.29, 0.717) is 28.5 Å². The molecule has 0 saturated carbocycles. The molecule has 1 heterocycles. The first-order chi connectivity index (χ1) is 11.6. The Bertz CT molecular complexity index is 866. The lowest BCUT2D eigenvalue weighted by Gasteiger charge is -2.12. The summed E-state index contributed by atoms with van der Waals surface area (Å²) < 4.78 is 11.0. The molecule has 0 atom stereocenters. The number of pyridine rings is 1. The molecule has 0 saturated heterocycles. The molecule has 0 amide bonds. The van der Waals surface area contributed by atoms with Crippen molar-refractivity contribution in [2.45, 2.75) is 13.2 Å². The molecule has 3 rings (SSSR count). The summed E-state index contributed by atoms with van der Waals surface area (Å²) in [6, 6.07) is 12.8. The third-order valence-electron chi connectivity index (χ3n) is 3.65. The quantitative estimate of drug-likeness (QED) is 0.671. The SMILES string of the molecule is COc1ccc(COc2cc(Cl)nc3c(Cl)c(CO)ccc23)cc1. The van der Waals surface area contributed by atoms with Gasteiger partial charge in [0.05, 0.1) is 24.3 Å². The van der Waals surface area contributed by atoms with E-state index in [0.717, 1.165) is 16.7 Å². The molecule has 0 aliphatic heterocycles. The second kappa shape index (κ2) is 7.26. The number of hydrogen-bond donors (Lipinski definition) is 1. The zero-order valence-corrected chi connectivity index (χ0v) is 14.4. The Morgan fingerprint density at radius 2 is 1.83 bits per heavy atom. The van der Waals surface area contributed by atoms with Gasteiger partial charge in [0.25, 0.3) is 0 Å². The minimum atomic E-state index is -0.162. The lowest BCUT2D eigenvalue weighted by molar-refractivity contribution is 0.282. The lowest BCUT2D eigenvalue weighted by atomic mass is 10.1. The van der Waals surface area contributed by atoms with Crippen LogP contribution in [0.4, 0.5) is 0 Å². The van der Waals surface area contributed by atoms with Crippen LogP contribution in [0.2, 0.25) is 10.2 Å².